The van der Waals surface area contributed by atoms with Gasteiger partial charge in [-0.25, -0.2) is 0 Å². The standard InChI is InChI=1S/C15H14ClNOS/c1-11(18)17-14-6-2-12(3-7-14)10-19-15-8-4-13(16)5-9-15/h2-9H,10H2,1H3,(H,17,18). The number of thioether (sulfide) groups is 1. The van der Waals surface area contributed by atoms with E-state index in [-0.39, 0.29) is 5.91 Å². The highest BCUT2D eigenvalue weighted by molar-refractivity contribution is 7.98. The number of carbonyl (C=O) groups is 1. The zero-order valence-corrected chi connectivity index (χ0v) is 12.1. The van der Waals surface area contributed by atoms with E-state index < -0.39 is 0 Å². The molecule has 0 aliphatic carbocycles. The van der Waals surface area contributed by atoms with Crippen molar-refractivity contribution in [2.75, 3.05) is 5.32 Å². The lowest BCUT2D eigenvalue weighted by Crippen LogP contribution is -2.05. The van der Waals surface area contributed by atoms with E-state index in [2.05, 4.69) is 5.32 Å². The van der Waals surface area contributed by atoms with Crippen LogP contribution >= 0.6 is 23.4 Å². The second-order valence-electron chi connectivity index (χ2n) is 4.12. The van der Waals surface area contributed by atoms with Crippen molar-refractivity contribution in [1.82, 2.24) is 0 Å². The topological polar surface area (TPSA) is 29.1 Å². The summed E-state index contributed by atoms with van der Waals surface area (Å²) in [5.74, 6) is 0.838. The molecule has 0 saturated carbocycles. The van der Waals surface area contributed by atoms with E-state index in [1.165, 1.54) is 17.4 Å². The van der Waals surface area contributed by atoms with Crippen LogP contribution < -0.4 is 5.32 Å². The van der Waals surface area contributed by atoms with Gasteiger partial charge in [-0.05, 0) is 42.0 Å². The first-order valence-corrected chi connectivity index (χ1v) is 7.25. The van der Waals surface area contributed by atoms with E-state index in [4.69, 9.17) is 11.6 Å². The third-order valence-electron chi connectivity index (χ3n) is 2.49. The first-order valence-electron chi connectivity index (χ1n) is 5.88. The first kappa shape index (κ1) is 14.0. The zero-order chi connectivity index (χ0) is 13.7. The Labute approximate surface area is 122 Å². The van der Waals surface area contributed by atoms with E-state index >= 15 is 0 Å². The van der Waals surface area contributed by atoms with E-state index in [0.29, 0.717) is 0 Å². The number of carbonyl (C=O) groups excluding carboxylic acids is 1. The van der Waals surface area contributed by atoms with Gasteiger partial charge in [-0.3, -0.25) is 4.79 Å². The number of hydrogen-bond acceptors (Lipinski definition) is 2. The Kier molecular flexibility index (Phi) is 4.88. The normalized spacial score (nSPS) is 10.2. The average Bonchev–Trinajstić information content (AvgIpc) is 2.39. The molecule has 2 aromatic rings. The van der Waals surface area contributed by atoms with Crippen LogP contribution in [0, 0.1) is 0 Å². The van der Waals surface area contributed by atoms with Crippen molar-refractivity contribution in [1.29, 1.82) is 0 Å². The molecule has 4 heteroatoms. The summed E-state index contributed by atoms with van der Waals surface area (Å²) in [6.45, 7) is 1.50. The van der Waals surface area contributed by atoms with Gasteiger partial charge in [0.15, 0.2) is 0 Å². The molecule has 0 atom stereocenters. The van der Waals surface area contributed by atoms with Gasteiger partial charge in [0.25, 0.3) is 0 Å². The third kappa shape index (κ3) is 4.62. The number of hydrogen-bond donors (Lipinski definition) is 1. The van der Waals surface area contributed by atoms with E-state index in [9.17, 15) is 4.79 Å². The summed E-state index contributed by atoms with van der Waals surface area (Å²) in [6.07, 6.45) is 0. The lowest BCUT2D eigenvalue weighted by molar-refractivity contribution is -0.114. The summed E-state index contributed by atoms with van der Waals surface area (Å²) in [5, 5.41) is 3.51. The summed E-state index contributed by atoms with van der Waals surface area (Å²) in [5.41, 5.74) is 2.04. The molecule has 1 amide bonds. The average molecular weight is 292 g/mol. The van der Waals surface area contributed by atoms with E-state index in [1.54, 1.807) is 11.8 Å². The number of anilines is 1. The Morgan fingerprint density at radius 3 is 2.32 bits per heavy atom. The fourth-order valence-corrected chi connectivity index (χ4v) is 2.57. The molecule has 0 aliphatic rings. The van der Waals surface area contributed by atoms with Crippen LogP contribution in [0.3, 0.4) is 0 Å². The molecule has 98 valence electrons. The van der Waals surface area contributed by atoms with Gasteiger partial charge < -0.3 is 5.32 Å². The molecule has 2 rings (SSSR count). The van der Waals surface area contributed by atoms with Gasteiger partial charge in [0.1, 0.15) is 0 Å². The van der Waals surface area contributed by atoms with Crippen LogP contribution in [-0.2, 0) is 10.5 Å². The fraction of sp³-hybridized carbons (Fsp3) is 0.133. The Morgan fingerprint density at radius 1 is 1.11 bits per heavy atom. The van der Waals surface area contributed by atoms with Crippen LogP contribution in [0.4, 0.5) is 5.69 Å². The van der Waals surface area contributed by atoms with Gasteiger partial charge in [0, 0.05) is 28.3 Å². The molecule has 1 N–H and O–H groups in total. The Hall–Kier alpha value is -1.45. The molecule has 0 spiro atoms. The molecular formula is C15H14ClNOS. The molecule has 0 saturated heterocycles. The Balaban J connectivity index is 1.92. The fourth-order valence-electron chi connectivity index (χ4n) is 1.59. The van der Waals surface area contributed by atoms with Gasteiger partial charge in [-0.1, -0.05) is 23.7 Å². The number of halogens is 1. The van der Waals surface area contributed by atoms with Crippen molar-refractivity contribution in [3.63, 3.8) is 0 Å². The molecule has 0 bridgehead atoms. The zero-order valence-electron chi connectivity index (χ0n) is 10.5. The monoisotopic (exact) mass is 291 g/mol. The van der Waals surface area contributed by atoms with Gasteiger partial charge >= 0.3 is 0 Å². The van der Waals surface area contributed by atoms with E-state index in [1.807, 2.05) is 48.5 Å². The lowest BCUT2D eigenvalue weighted by atomic mass is 10.2. The predicted octanol–water partition coefficient (Wildman–Crippen LogP) is 4.59. The minimum Gasteiger partial charge on any atom is -0.326 e. The quantitative estimate of drug-likeness (QED) is 0.835. The van der Waals surface area contributed by atoms with Crippen molar-refractivity contribution in [3.05, 3.63) is 59.1 Å². The summed E-state index contributed by atoms with van der Waals surface area (Å²) in [7, 11) is 0. The second kappa shape index (κ2) is 6.64. The van der Waals surface area contributed by atoms with Crippen LogP contribution in [0.25, 0.3) is 0 Å². The Bertz CT molecular complexity index is 551. The molecule has 0 aromatic heterocycles. The molecular weight excluding hydrogens is 278 g/mol. The van der Waals surface area contributed by atoms with Crippen LogP contribution in [0.2, 0.25) is 5.02 Å². The lowest BCUT2D eigenvalue weighted by Gasteiger charge is -2.05. The van der Waals surface area contributed by atoms with Crippen molar-refractivity contribution >= 4 is 35.0 Å². The number of benzene rings is 2. The third-order valence-corrected chi connectivity index (χ3v) is 3.83. The van der Waals surface area contributed by atoms with Crippen LogP contribution in [0.5, 0.6) is 0 Å². The number of rotatable bonds is 4. The van der Waals surface area contributed by atoms with Crippen molar-refractivity contribution < 1.29 is 4.79 Å². The molecule has 19 heavy (non-hydrogen) atoms. The maximum Gasteiger partial charge on any atom is 0.221 e. The summed E-state index contributed by atoms with van der Waals surface area (Å²) >= 11 is 7.60. The number of nitrogens with one attached hydrogen (secondary N) is 1. The van der Waals surface area contributed by atoms with Crippen LogP contribution in [0.1, 0.15) is 12.5 Å². The molecule has 2 nitrogen and oxygen atoms in total. The maximum atomic E-state index is 10.9. The minimum atomic E-state index is -0.0525. The van der Waals surface area contributed by atoms with Gasteiger partial charge in [-0.15, -0.1) is 11.8 Å². The van der Waals surface area contributed by atoms with E-state index in [0.717, 1.165) is 16.5 Å². The van der Waals surface area contributed by atoms with Crippen molar-refractivity contribution in [2.24, 2.45) is 0 Å². The smallest absolute Gasteiger partial charge is 0.221 e. The summed E-state index contributed by atoms with van der Waals surface area (Å²) in [6, 6.07) is 15.7. The summed E-state index contributed by atoms with van der Waals surface area (Å²) < 4.78 is 0. The highest BCUT2D eigenvalue weighted by atomic mass is 35.5. The Morgan fingerprint density at radius 2 is 1.74 bits per heavy atom. The largest absolute Gasteiger partial charge is 0.326 e. The number of amides is 1. The van der Waals surface area contributed by atoms with Gasteiger partial charge in [0.2, 0.25) is 5.91 Å². The SMILES string of the molecule is CC(=O)Nc1ccc(CSc2ccc(Cl)cc2)cc1. The molecule has 0 fully saturated rings. The molecule has 2 aromatic carbocycles. The van der Waals surface area contributed by atoms with Gasteiger partial charge in [0.05, 0.1) is 0 Å². The molecule has 0 heterocycles. The van der Waals surface area contributed by atoms with Crippen LogP contribution in [-0.4, -0.2) is 5.91 Å². The van der Waals surface area contributed by atoms with Crippen molar-refractivity contribution in [2.45, 2.75) is 17.6 Å². The van der Waals surface area contributed by atoms with Crippen LogP contribution in [0.15, 0.2) is 53.4 Å². The molecule has 0 unspecified atom stereocenters. The molecule has 0 aliphatic heterocycles. The second-order valence-corrected chi connectivity index (χ2v) is 5.61. The summed E-state index contributed by atoms with van der Waals surface area (Å²) in [4.78, 5) is 12.1. The van der Waals surface area contributed by atoms with Gasteiger partial charge in [-0.2, -0.15) is 0 Å². The maximum absolute atomic E-state index is 10.9. The first-order chi connectivity index (χ1) is 9.13. The highest BCUT2D eigenvalue weighted by Crippen LogP contribution is 2.24. The highest BCUT2D eigenvalue weighted by Gasteiger charge is 1.99. The van der Waals surface area contributed by atoms with Crippen molar-refractivity contribution in [3.8, 4) is 0 Å². The minimum absolute atomic E-state index is 0.0525. The predicted molar refractivity (Wildman–Crippen MR) is 81.8 cm³/mol. The molecule has 0 radical (unpaired) electrons.